The van der Waals surface area contributed by atoms with E-state index in [4.69, 9.17) is 4.98 Å². The predicted octanol–water partition coefficient (Wildman–Crippen LogP) is 3.05. The molecule has 3 aromatic rings. The highest BCUT2D eigenvalue weighted by molar-refractivity contribution is 5.93. The molecule has 1 aliphatic heterocycles. The maximum atomic E-state index is 13.0. The summed E-state index contributed by atoms with van der Waals surface area (Å²) >= 11 is 0. The van der Waals surface area contributed by atoms with Gasteiger partial charge in [0.2, 0.25) is 0 Å². The van der Waals surface area contributed by atoms with Gasteiger partial charge < -0.3 is 14.6 Å². The van der Waals surface area contributed by atoms with E-state index in [2.05, 4.69) is 10.6 Å². The van der Waals surface area contributed by atoms with E-state index in [9.17, 15) is 9.90 Å². The molecule has 0 radical (unpaired) electrons. The number of carbonyl (C=O) groups is 1. The van der Waals surface area contributed by atoms with Crippen molar-refractivity contribution in [2.45, 2.75) is 31.4 Å². The van der Waals surface area contributed by atoms with Crippen molar-refractivity contribution in [1.29, 1.82) is 0 Å². The lowest BCUT2D eigenvalue weighted by Gasteiger charge is -2.17. The first-order valence-electron chi connectivity index (χ1n) is 9.68. The molecule has 27 heavy (non-hydrogen) atoms. The lowest BCUT2D eigenvalue weighted by Crippen LogP contribution is -2.31. The molecule has 2 aliphatic rings. The first-order valence-corrected chi connectivity index (χ1v) is 9.68. The van der Waals surface area contributed by atoms with Crippen molar-refractivity contribution in [2.75, 3.05) is 13.1 Å². The van der Waals surface area contributed by atoms with E-state index in [0.717, 1.165) is 35.1 Å². The van der Waals surface area contributed by atoms with Gasteiger partial charge in [0.15, 0.2) is 0 Å². The molecule has 1 saturated carbocycles. The van der Waals surface area contributed by atoms with Crippen LogP contribution in [0.25, 0.3) is 10.9 Å². The van der Waals surface area contributed by atoms with Crippen LogP contribution in [0.15, 0.2) is 54.7 Å². The molecule has 3 heterocycles. The summed E-state index contributed by atoms with van der Waals surface area (Å²) in [5.41, 5.74) is 2.68. The molecule has 5 heteroatoms. The quantitative estimate of drug-likeness (QED) is 0.777. The van der Waals surface area contributed by atoms with Crippen LogP contribution in [0.4, 0.5) is 0 Å². The van der Waals surface area contributed by atoms with Gasteiger partial charge in [-0.1, -0.05) is 24.3 Å². The van der Waals surface area contributed by atoms with Crippen LogP contribution in [-0.2, 0) is 6.42 Å². The van der Waals surface area contributed by atoms with E-state index in [0.29, 0.717) is 25.6 Å². The van der Waals surface area contributed by atoms with Gasteiger partial charge in [0.25, 0.3) is 5.91 Å². The van der Waals surface area contributed by atoms with Gasteiger partial charge in [-0.25, -0.2) is 0 Å². The maximum Gasteiger partial charge on any atom is 0.270 e. The molecule has 1 aromatic carbocycles. The van der Waals surface area contributed by atoms with Gasteiger partial charge in [0.1, 0.15) is 5.69 Å². The smallest absolute Gasteiger partial charge is 0.270 e. The number of nitrogens with zero attached hydrogens (tertiary/aromatic N) is 3. The van der Waals surface area contributed by atoms with Gasteiger partial charge in [-0.2, -0.15) is 0 Å². The number of aliphatic hydroxyl groups is 1. The Morgan fingerprint density at radius 3 is 2.78 bits per heavy atom. The standard InChI is InChI=1S/C22H23N3O2/c26-21-14-24(22(27)20-6-3-11-25(20)18-9-10-18)13-16(21)12-17-8-7-15-4-1-2-5-19(15)23-17/h1-8,11,16,18,21,26H,9-10,12-14H2/t16-,21-/m1/s1. The highest BCUT2D eigenvalue weighted by Gasteiger charge is 2.36. The SMILES string of the molecule is O=C(c1cccn1C1CC1)N1C[C@@H](Cc2ccc3ccccc3n2)[C@H](O)C1. The number of hydrogen-bond acceptors (Lipinski definition) is 3. The molecular formula is C22H23N3O2. The Balaban J connectivity index is 1.31. The van der Waals surface area contributed by atoms with Crippen LogP contribution in [0.2, 0.25) is 0 Å². The highest BCUT2D eigenvalue weighted by atomic mass is 16.3. The van der Waals surface area contributed by atoms with Crippen LogP contribution < -0.4 is 0 Å². The first-order chi connectivity index (χ1) is 13.2. The molecule has 138 valence electrons. The number of β-amino-alcohol motifs (C(OH)–C–C–N with tert-alkyl or cyclic N) is 1. The Morgan fingerprint density at radius 2 is 1.93 bits per heavy atom. The zero-order valence-corrected chi connectivity index (χ0v) is 15.2. The van der Waals surface area contributed by atoms with Gasteiger partial charge in [0, 0.05) is 42.3 Å². The van der Waals surface area contributed by atoms with Crippen LogP contribution in [0, 0.1) is 5.92 Å². The van der Waals surface area contributed by atoms with Crippen molar-refractivity contribution in [1.82, 2.24) is 14.5 Å². The van der Waals surface area contributed by atoms with Crippen molar-refractivity contribution >= 4 is 16.8 Å². The summed E-state index contributed by atoms with van der Waals surface area (Å²) in [7, 11) is 0. The van der Waals surface area contributed by atoms with Crippen molar-refractivity contribution in [2.24, 2.45) is 5.92 Å². The number of fused-ring (bicyclic) bond motifs is 1. The van der Waals surface area contributed by atoms with E-state index in [-0.39, 0.29) is 11.8 Å². The number of rotatable bonds is 4. The molecule has 1 saturated heterocycles. The minimum Gasteiger partial charge on any atom is -0.391 e. The van der Waals surface area contributed by atoms with Gasteiger partial charge in [-0.3, -0.25) is 9.78 Å². The van der Waals surface area contributed by atoms with Crippen molar-refractivity contribution in [3.8, 4) is 0 Å². The molecule has 1 aliphatic carbocycles. The summed E-state index contributed by atoms with van der Waals surface area (Å²) in [6.07, 6.45) is 4.46. The van der Waals surface area contributed by atoms with Gasteiger partial charge in [-0.05, 0) is 43.5 Å². The van der Waals surface area contributed by atoms with E-state index in [1.165, 1.54) is 0 Å². The number of hydrogen-bond donors (Lipinski definition) is 1. The second-order valence-corrected chi connectivity index (χ2v) is 7.77. The Kier molecular flexibility index (Phi) is 3.97. The minimum absolute atomic E-state index is 0.0203. The van der Waals surface area contributed by atoms with E-state index in [1.54, 1.807) is 4.90 Å². The lowest BCUT2D eigenvalue weighted by atomic mass is 9.99. The van der Waals surface area contributed by atoms with Gasteiger partial charge in [0.05, 0.1) is 11.6 Å². The highest BCUT2D eigenvalue weighted by Crippen LogP contribution is 2.36. The summed E-state index contributed by atoms with van der Waals surface area (Å²) in [6.45, 7) is 0.970. The van der Waals surface area contributed by atoms with Crippen LogP contribution in [-0.4, -0.2) is 44.7 Å². The maximum absolute atomic E-state index is 13.0. The molecule has 1 amide bonds. The van der Waals surface area contributed by atoms with Crippen molar-refractivity contribution in [3.05, 3.63) is 66.1 Å². The molecule has 1 N–H and O–H groups in total. The fourth-order valence-electron chi connectivity index (χ4n) is 4.12. The van der Waals surface area contributed by atoms with Crippen molar-refractivity contribution in [3.63, 3.8) is 0 Å². The Bertz CT molecular complexity index is 992. The fourth-order valence-corrected chi connectivity index (χ4v) is 4.12. The summed E-state index contributed by atoms with van der Waals surface area (Å²) in [5, 5.41) is 11.7. The zero-order chi connectivity index (χ0) is 18.4. The van der Waals surface area contributed by atoms with E-state index >= 15 is 0 Å². The largest absolute Gasteiger partial charge is 0.391 e. The number of para-hydroxylation sites is 1. The monoisotopic (exact) mass is 361 g/mol. The molecule has 2 aromatic heterocycles. The third kappa shape index (κ3) is 3.12. The van der Waals surface area contributed by atoms with Gasteiger partial charge >= 0.3 is 0 Å². The van der Waals surface area contributed by atoms with Crippen LogP contribution in [0.5, 0.6) is 0 Å². The molecule has 2 atom stereocenters. The average molecular weight is 361 g/mol. The van der Waals surface area contributed by atoms with E-state index in [1.807, 2.05) is 48.7 Å². The van der Waals surface area contributed by atoms with E-state index < -0.39 is 6.10 Å². The topological polar surface area (TPSA) is 58.4 Å². The third-order valence-electron chi connectivity index (χ3n) is 5.76. The van der Waals surface area contributed by atoms with Crippen LogP contribution in [0.1, 0.15) is 35.1 Å². The number of aromatic nitrogens is 2. The van der Waals surface area contributed by atoms with Crippen LogP contribution in [0.3, 0.4) is 0 Å². The normalized spacial score (nSPS) is 22.5. The van der Waals surface area contributed by atoms with Crippen molar-refractivity contribution < 1.29 is 9.90 Å². The second-order valence-electron chi connectivity index (χ2n) is 7.77. The molecular weight excluding hydrogens is 338 g/mol. The minimum atomic E-state index is -0.508. The Morgan fingerprint density at radius 1 is 1.07 bits per heavy atom. The third-order valence-corrected chi connectivity index (χ3v) is 5.76. The molecule has 0 bridgehead atoms. The molecule has 5 rings (SSSR count). The first kappa shape index (κ1) is 16.5. The summed E-state index contributed by atoms with van der Waals surface area (Å²) in [5.74, 6) is 0.0480. The number of aliphatic hydroxyl groups excluding tert-OH is 1. The second kappa shape index (κ2) is 6.50. The predicted molar refractivity (Wildman–Crippen MR) is 104 cm³/mol. The average Bonchev–Trinajstić information content (AvgIpc) is 3.30. The summed E-state index contributed by atoms with van der Waals surface area (Å²) in [4.78, 5) is 19.5. The van der Waals surface area contributed by atoms with Gasteiger partial charge in [-0.15, -0.1) is 0 Å². The Hall–Kier alpha value is -2.66. The number of pyridine rings is 1. The summed E-state index contributed by atoms with van der Waals surface area (Å²) in [6, 6.07) is 16.5. The number of carbonyl (C=O) groups excluding carboxylic acids is 1. The lowest BCUT2D eigenvalue weighted by molar-refractivity contribution is 0.0754. The summed E-state index contributed by atoms with van der Waals surface area (Å²) < 4.78 is 2.09. The van der Waals surface area contributed by atoms with Crippen LogP contribution >= 0.6 is 0 Å². The number of amides is 1. The molecule has 5 nitrogen and oxygen atoms in total. The zero-order valence-electron chi connectivity index (χ0n) is 15.2. The molecule has 0 unspecified atom stereocenters. The number of benzene rings is 1. The number of likely N-dealkylation sites (tertiary alicyclic amines) is 1. The molecule has 0 spiro atoms. The fraction of sp³-hybridized carbons (Fsp3) is 0.364. The Labute approximate surface area is 158 Å². The molecule has 2 fully saturated rings.